The van der Waals surface area contributed by atoms with Crippen LogP contribution >= 0.6 is 0 Å². The van der Waals surface area contributed by atoms with E-state index in [9.17, 15) is 0 Å². The van der Waals surface area contributed by atoms with Gasteiger partial charge in [0.15, 0.2) is 0 Å². The zero-order chi connectivity index (χ0) is 13.0. The minimum Gasteiger partial charge on any atom is -0.309 e. The average molecular weight is 243 g/mol. The Kier molecular flexibility index (Phi) is 4.26. The van der Waals surface area contributed by atoms with Crippen LogP contribution in [0.25, 0.3) is 11.0 Å². The number of aromatic nitrogens is 2. The van der Waals surface area contributed by atoms with E-state index < -0.39 is 0 Å². The monoisotopic (exact) mass is 243 g/mol. The summed E-state index contributed by atoms with van der Waals surface area (Å²) >= 11 is 0. The average Bonchev–Trinajstić information content (AvgIpc) is 2.35. The summed E-state index contributed by atoms with van der Waals surface area (Å²) < 4.78 is 0. The molecule has 96 valence electrons. The minimum atomic E-state index is 0.512. The maximum Gasteiger partial charge on any atom is 0.0890 e. The quantitative estimate of drug-likeness (QED) is 0.876. The Labute approximate surface area is 109 Å². The zero-order valence-electron chi connectivity index (χ0n) is 11.4. The number of para-hydroxylation sites is 2. The largest absolute Gasteiger partial charge is 0.309 e. The van der Waals surface area contributed by atoms with E-state index in [1.54, 1.807) is 0 Å². The van der Waals surface area contributed by atoms with Gasteiger partial charge in [-0.3, -0.25) is 4.98 Å². The van der Waals surface area contributed by atoms with E-state index in [2.05, 4.69) is 36.1 Å². The zero-order valence-corrected chi connectivity index (χ0v) is 11.4. The highest BCUT2D eigenvalue weighted by atomic mass is 14.9. The van der Waals surface area contributed by atoms with Gasteiger partial charge in [-0.2, -0.15) is 0 Å². The smallest absolute Gasteiger partial charge is 0.0890 e. The van der Waals surface area contributed by atoms with Gasteiger partial charge in [0.2, 0.25) is 0 Å². The summed E-state index contributed by atoms with van der Waals surface area (Å²) in [5, 5.41) is 3.49. The van der Waals surface area contributed by atoms with Gasteiger partial charge in [0.25, 0.3) is 0 Å². The second kappa shape index (κ2) is 5.91. The van der Waals surface area contributed by atoms with Crippen LogP contribution in [0.2, 0.25) is 0 Å². The first-order valence-corrected chi connectivity index (χ1v) is 6.59. The molecule has 0 aliphatic rings. The van der Waals surface area contributed by atoms with Gasteiger partial charge in [-0.1, -0.05) is 26.0 Å². The molecule has 1 aromatic heterocycles. The van der Waals surface area contributed by atoms with Gasteiger partial charge in [0, 0.05) is 12.6 Å². The molecule has 0 saturated heterocycles. The summed E-state index contributed by atoms with van der Waals surface area (Å²) in [6, 6.07) is 8.48. The van der Waals surface area contributed by atoms with Crippen LogP contribution in [0, 0.1) is 5.92 Å². The normalized spacial score (nSPS) is 13.1. The first-order valence-electron chi connectivity index (χ1n) is 6.59. The number of hydrogen-bond donors (Lipinski definition) is 1. The lowest BCUT2D eigenvalue weighted by atomic mass is 10.1. The fourth-order valence-corrected chi connectivity index (χ4v) is 2.15. The van der Waals surface area contributed by atoms with E-state index in [0.717, 1.165) is 29.2 Å². The predicted octanol–water partition coefficient (Wildman–Crippen LogP) is 3.15. The first-order chi connectivity index (χ1) is 8.65. The van der Waals surface area contributed by atoms with E-state index in [-0.39, 0.29) is 0 Å². The summed E-state index contributed by atoms with van der Waals surface area (Å²) in [7, 11) is 0. The molecule has 1 heterocycles. The fourth-order valence-electron chi connectivity index (χ4n) is 2.15. The van der Waals surface area contributed by atoms with Crippen molar-refractivity contribution in [3.8, 4) is 0 Å². The third-order valence-corrected chi connectivity index (χ3v) is 2.96. The Hall–Kier alpha value is -1.48. The summed E-state index contributed by atoms with van der Waals surface area (Å²) in [6.45, 7) is 7.49. The van der Waals surface area contributed by atoms with E-state index in [1.807, 2.05) is 30.5 Å². The number of nitrogens with one attached hydrogen (secondary N) is 1. The molecule has 0 aliphatic carbocycles. The van der Waals surface area contributed by atoms with Gasteiger partial charge in [-0.05, 0) is 31.4 Å². The van der Waals surface area contributed by atoms with Crippen LogP contribution < -0.4 is 5.32 Å². The molecule has 0 bridgehead atoms. The van der Waals surface area contributed by atoms with Crippen molar-refractivity contribution in [2.75, 3.05) is 0 Å². The number of benzene rings is 1. The number of hydrogen-bond acceptors (Lipinski definition) is 3. The molecule has 18 heavy (non-hydrogen) atoms. The molecule has 0 saturated carbocycles. The molecule has 0 radical (unpaired) electrons. The van der Waals surface area contributed by atoms with Crippen molar-refractivity contribution >= 4 is 11.0 Å². The van der Waals surface area contributed by atoms with Crippen LogP contribution in [-0.4, -0.2) is 16.0 Å². The molecular weight excluding hydrogens is 222 g/mol. The Balaban J connectivity index is 1.99. The topological polar surface area (TPSA) is 37.8 Å². The van der Waals surface area contributed by atoms with E-state index in [1.165, 1.54) is 6.42 Å². The lowest BCUT2D eigenvalue weighted by molar-refractivity contribution is 0.439. The molecule has 0 spiro atoms. The van der Waals surface area contributed by atoms with Crippen LogP contribution in [0.15, 0.2) is 30.5 Å². The van der Waals surface area contributed by atoms with E-state index >= 15 is 0 Å². The highest BCUT2D eigenvalue weighted by Gasteiger charge is 2.05. The molecule has 2 rings (SSSR count). The lowest BCUT2D eigenvalue weighted by Crippen LogP contribution is -2.27. The van der Waals surface area contributed by atoms with E-state index in [4.69, 9.17) is 0 Å². The Morgan fingerprint density at radius 3 is 2.56 bits per heavy atom. The molecule has 1 aromatic carbocycles. The second-order valence-electron chi connectivity index (χ2n) is 5.26. The molecule has 2 aromatic rings. The van der Waals surface area contributed by atoms with Crippen molar-refractivity contribution in [3.05, 3.63) is 36.2 Å². The predicted molar refractivity (Wildman–Crippen MR) is 75.3 cm³/mol. The molecule has 1 atom stereocenters. The van der Waals surface area contributed by atoms with Crippen molar-refractivity contribution in [1.29, 1.82) is 0 Å². The van der Waals surface area contributed by atoms with Crippen LogP contribution in [0.3, 0.4) is 0 Å². The standard InChI is InChI=1S/C15H21N3/c1-11(2)8-12(3)16-9-13-10-17-14-6-4-5-7-15(14)18-13/h4-7,10-12,16H,8-9H2,1-3H3. The van der Waals surface area contributed by atoms with Gasteiger partial charge >= 0.3 is 0 Å². The summed E-state index contributed by atoms with van der Waals surface area (Å²) in [5.74, 6) is 0.718. The van der Waals surface area contributed by atoms with Crippen LogP contribution in [0.5, 0.6) is 0 Å². The molecule has 0 fully saturated rings. The van der Waals surface area contributed by atoms with Gasteiger partial charge < -0.3 is 5.32 Å². The molecule has 1 N–H and O–H groups in total. The number of nitrogens with zero attached hydrogens (tertiary/aromatic N) is 2. The van der Waals surface area contributed by atoms with Gasteiger partial charge in [0.05, 0.1) is 22.9 Å². The minimum absolute atomic E-state index is 0.512. The fraction of sp³-hybridized carbons (Fsp3) is 0.467. The maximum atomic E-state index is 4.60. The Bertz CT molecular complexity index is 508. The van der Waals surface area contributed by atoms with Crippen molar-refractivity contribution in [2.24, 2.45) is 5.92 Å². The third kappa shape index (κ3) is 3.50. The molecule has 0 aliphatic heterocycles. The number of fused-ring (bicyclic) bond motifs is 1. The van der Waals surface area contributed by atoms with Crippen molar-refractivity contribution in [3.63, 3.8) is 0 Å². The van der Waals surface area contributed by atoms with Crippen LogP contribution in [-0.2, 0) is 6.54 Å². The molecule has 3 heteroatoms. The second-order valence-corrected chi connectivity index (χ2v) is 5.26. The molecular formula is C15H21N3. The SMILES string of the molecule is CC(C)CC(C)NCc1cnc2ccccc2n1. The molecule has 0 amide bonds. The first kappa shape index (κ1) is 13.0. The highest BCUT2D eigenvalue weighted by molar-refractivity contribution is 5.73. The van der Waals surface area contributed by atoms with E-state index in [0.29, 0.717) is 6.04 Å². The highest BCUT2D eigenvalue weighted by Crippen LogP contribution is 2.09. The van der Waals surface area contributed by atoms with Gasteiger partial charge in [0.1, 0.15) is 0 Å². The Morgan fingerprint density at radius 1 is 1.11 bits per heavy atom. The van der Waals surface area contributed by atoms with Crippen molar-refractivity contribution < 1.29 is 0 Å². The van der Waals surface area contributed by atoms with Gasteiger partial charge in [-0.15, -0.1) is 0 Å². The third-order valence-electron chi connectivity index (χ3n) is 2.96. The Morgan fingerprint density at radius 2 is 1.83 bits per heavy atom. The van der Waals surface area contributed by atoms with Crippen molar-refractivity contribution in [2.45, 2.75) is 39.8 Å². The summed E-state index contributed by atoms with van der Waals surface area (Å²) in [4.78, 5) is 9.02. The summed E-state index contributed by atoms with van der Waals surface area (Å²) in [6.07, 6.45) is 3.04. The molecule has 3 nitrogen and oxygen atoms in total. The van der Waals surface area contributed by atoms with Crippen molar-refractivity contribution in [1.82, 2.24) is 15.3 Å². The van der Waals surface area contributed by atoms with Crippen LogP contribution in [0.1, 0.15) is 32.9 Å². The van der Waals surface area contributed by atoms with Crippen LogP contribution in [0.4, 0.5) is 0 Å². The molecule has 1 unspecified atom stereocenters. The van der Waals surface area contributed by atoms with Gasteiger partial charge in [-0.25, -0.2) is 4.98 Å². The number of rotatable bonds is 5. The lowest BCUT2D eigenvalue weighted by Gasteiger charge is -2.15. The summed E-state index contributed by atoms with van der Waals surface area (Å²) in [5.41, 5.74) is 2.93. The maximum absolute atomic E-state index is 4.60.